The number of rotatable bonds is 11. The van der Waals surface area contributed by atoms with Crippen molar-refractivity contribution in [3.8, 4) is 0 Å². The zero-order valence-electron chi connectivity index (χ0n) is 15.9. The van der Waals surface area contributed by atoms with Gasteiger partial charge >= 0.3 is 0 Å². The molecule has 0 heterocycles. The molecule has 0 spiro atoms. The summed E-state index contributed by atoms with van der Waals surface area (Å²) in [6.45, 7) is 13.6. The van der Waals surface area contributed by atoms with Gasteiger partial charge in [-0.3, -0.25) is 0 Å². The Labute approximate surface area is 147 Å². The first kappa shape index (κ1) is 20.7. The summed E-state index contributed by atoms with van der Waals surface area (Å²) in [4.78, 5) is 0. The first-order valence-corrected chi connectivity index (χ1v) is 9.05. The molecule has 0 saturated carbocycles. The van der Waals surface area contributed by atoms with Crippen molar-refractivity contribution in [2.45, 2.75) is 46.8 Å². The van der Waals surface area contributed by atoms with E-state index in [2.05, 4.69) is 55.8 Å². The third kappa shape index (κ3) is 7.99. The fourth-order valence-electron chi connectivity index (χ4n) is 2.30. The Bertz CT molecular complexity index is 474. The van der Waals surface area contributed by atoms with Crippen LogP contribution in [0.2, 0.25) is 0 Å². The molecule has 2 unspecified atom stereocenters. The second-order valence-electron chi connectivity index (χ2n) is 7.50. The van der Waals surface area contributed by atoms with E-state index >= 15 is 0 Å². The van der Waals surface area contributed by atoms with Gasteiger partial charge in [-0.1, -0.05) is 27.7 Å². The molecule has 1 rings (SSSR count). The number of benzene rings is 1. The largest absolute Gasteiger partial charge is 0.387 e. The van der Waals surface area contributed by atoms with Crippen LogP contribution in [0.1, 0.15) is 46.3 Å². The molecule has 0 aromatic heterocycles. The summed E-state index contributed by atoms with van der Waals surface area (Å²) in [6.07, 6.45) is -0.570. The molecule has 0 fully saturated rings. The van der Waals surface area contributed by atoms with Crippen LogP contribution in [0, 0.1) is 11.8 Å². The fraction of sp³-hybridized carbons (Fsp3) is 0.684. The Hall–Kier alpha value is -1.30. The highest BCUT2D eigenvalue weighted by molar-refractivity contribution is 5.60. The molecule has 2 atom stereocenters. The maximum Gasteiger partial charge on any atom is 0.0935 e. The van der Waals surface area contributed by atoms with Crippen LogP contribution in [-0.4, -0.2) is 37.3 Å². The van der Waals surface area contributed by atoms with Gasteiger partial charge in [0.15, 0.2) is 0 Å². The van der Waals surface area contributed by atoms with Crippen molar-refractivity contribution in [1.82, 2.24) is 5.32 Å². The Morgan fingerprint density at radius 1 is 0.917 bits per heavy atom. The summed E-state index contributed by atoms with van der Waals surface area (Å²) < 4.78 is 0. The topological polar surface area (TPSA) is 82.3 Å². The zero-order valence-corrected chi connectivity index (χ0v) is 15.9. The fourth-order valence-corrected chi connectivity index (χ4v) is 2.30. The molecule has 0 radical (unpaired) electrons. The summed E-state index contributed by atoms with van der Waals surface area (Å²) >= 11 is 0. The predicted octanol–water partition coefficient (Wildman–Crippen LogP) is 2.79. The molecular formula is C19H36N4O. The van der Waals surface area contributed by atoms with Gasteiger partial charge in [0.1, 0.15) is 0 Å². The standard InChI is InChI=1S/C19H36N4O/c1-13(2)9-22-16-6-7-18(23-10-14(3)4)17(8-16)19(24)12-21-11-15(5)20/h6-8,13-15,19,21-24H,9-12,20H2,1-5H3. The number of nitrogens with two attached hydrogens (primary N) is 1. The van der Waals surface area contributed by atoms with Gasteiger partial charge in [0.2, 0.25) is 0 Å². The first-order valence-electron chi connectivity index (χ1n) is 9.05. The summed E-state index contributed by atoms with van der Waals surface area (Å²) in [5, 5.41) is 20.7. The lowest BCUT2D eigenvalue weighted by atomic mass is 10.0. The van der Waals surface area contributed by atoms with E-state index in [1.165, 1.54) is 0 Å². The maximum absolute atomic E-state index is 10.6. The van der Waals surface area contributed by atoms with Gasteiger partial charge in [-0.15, -0.1) is 0 Å². The van der Waals surface area contributed by atoms with Crippen molar-refractivity contribution in [1.29, 1.82) is 0 Å². The highest BCUT2D eigenvalue weighted by Crippen LogP contribution is 2.27. The van der Waals surface area contributed by atoms with E-state index in [1.54, 1.807) is 0 Å². The SMILES string of the molecule is CC(C)CNc1ccc(NCC(C)C)c(C(O)CNCC(C)N)c1. The minimum Gasteiger partial charge on any atom is -0.387 e. The van der Waals surface area contributed by atoms with Crippen molar-refractivity contribution in [2.24, 2.45) is 17.6 Å². The quantitative estimate of drug-likeness (QED) is 0.429. The molecule has 24 heavy (non-hydrogen) atoms. The highest BCUT2D eigenvalue weighted by Gasteiger charge is 2.14. The molecule has 6 N–H and O–H groups in total. The molecule has 0 aliphatic carbocycles. The molecule has 1 aromatic carbocycles. The Morgan fingerprint density at radius 2 is 1.54 bits per heavy atom. The van der Waals surface area contributed by atoms with Crippen molar-refractivity contribution < 1.29 is 5.11 Å². The van der Waals surface area contributed by atoms with Gasteiger partial charge in [-0.05, 0) is 37.0 Å². The second kappa shape index (κ2) is 10.5. The van der Waals surface area contributed by atoms with Gasteiger partial charge in [0.05, 0.1) is 6.10 Å². The van der Waals surface area contributed by atoms with E-state index in [9.17, 15) is 5.11 Å². The molecule has 5 heteroatoms. The Morgan fingerprint density at radius 3 is 2.12 bits per heavy atom. The van der Waals surface area contributed by atoms with Crippen LogP contribution >= 0.6 is 0 Å². The number of anilines is 2. The van der Waals surface area contributed by atoms with Crippen LogP contribution in [0.25, 0.3) is 0 Å². The molecule has 0 bridgehead atoms. The molecule has 0 aliphatic heterocycles. The van der Waals surface area contributed by atoms with Crippen molar-refractivity contribution in [3.05, 3.63) is 23.8 Å². The molecular weight excluding hydrogens is 300 g/mol. The van der Waals surface area contributed by atoms with Crippen LogP contribution in [0.4, 0.5) is 11.4 Å². The number of hydrogen-bond donors (Lipinski definition) is 5. The Balaban J connectivity index is 2.84. The van der Waals surface area contributed by atoms with E-state index in [0.717, 1.165) is 30.0 Å². The second-order valence-corrected chi connectivity index (χ2v) is 7.50. The van der Waals surface area contributed by atoms with Crippen LogP contribution in [0.3, 0.4) is 0 Å². The van der Waals surface area contributed by atoms with Gasteiger partial charge < -0.3 is 26.8 Å². The van der Waals surface area contributed by atoms with Crippen LogP contribution in [0.15, 0.2) is 18.2 Å². The van der Waals surface area contributed by atoms with E-state index in [-0.39, 0.29) is 6.04 Å². The van der Waals surface area contributed by atoms with Gasteiger partial charge in [-0.25, -0.2) is 0 Å². The lowest BCUT2D eigenvalue weighted by Crippen LogP contribution is -2.33. The lowest BCUT2D eigenvalue weighted by molar-refractivity contribution is 0.175. The summed E-state index contributed by atoms with van der Waals surface area (Å²) in [5.41, 5.74) is 8.71. The van der Waals surface area contributed by atoms with Crippen molar-refractivity contribution >= 4 is 11.4 Å². The number of hydrogen-bond acceptors (Lipinski definition) is 5. The first-order chi connectivity index (χ1) is 11.3. The van der Waals surface area contributed by atoms with Gasteiger partial charge in [0.25, 0.3) is 0 Å². The number of nitrogens with one attached hydrogen (secondary N) is 3. The molecule has 0 saturated heterocycles. The molecule has 0 aliphatic rings. The minimum atomic E-state index is -0.570. The van der Waals surface area contributed by atoms with E-state index < -0.39 is 6.10 Å². The van der Waals surface area contributed by atoms with E-state index in [0.29, 0.717) is 24.9 Å². The van der Waals surface area contributed by atoms with Gasteiger partial charge in [-0.2, -0.15) is 0 Å². The van der Waals surface area contributed by atoms with Crippen molar-refractivity contribution in [3.63, 3.8) is 0 Å². The normalized spacial score (nSPS) is 14.0. The predicted molar refractivity (Wildman–Crippen MR) is 105 cm³/mol. The average Bonchev–Trinajstić information content (AvgIpc) is 2.50. The summed E-state index contributed by atoms with van der Waals surface area (Å²) in [5.74, 6) is 1.12. The zero-order chi connectivity index (χ0) is 18.1. The minimum absolute atomic E-state index is 0.0785. The average molecular weight is 337 g/mol. The molecule has 0 amide bonds. The number of aliphatic hydroxyl groups excluding tert-OH is 1. The molecule has 1 aromatic rings. The van der Waals surface area contributed by atoms with Crippen molar-refractivity contribution in [2.75, 3.05) is 36.8 Å². The summed E-state index contributed by atoms with van der Waals surface area (Å²) in [6, 6.07) is 6.24. The lowest BCUT2D eigenvalue weighted by Gasteiger charge is -2.20. The van der Waals surface area contributed by atoms with E-state index in [1.807, 2.05) is 13.0 Å². The van der Waals surface area contributed by atoms with Crippen LogP contribution in [0.5, 0.6) is 0 Å². The smallest absolute Gasteiger partial charge is 0.0935 e. The monoisotopic (exact) mass is 336 g/mol. The summed E-state index contributed by atoms with van der Waals surface area (Å²) in [7, 11) is 0. The Kier molecular flexibility index (Phi) is 9.11. The van der Waals surface area contributed by atoms with Crippen LogP contribution in [-0.2, 0) is 0 Å². The molecule has 5 nitrogen and oxygen atoms in total. The third-order valence-corrected chi connectivity index (χ3v) is 3.63. The maximum atomic E-state index is 10.6. The highest BCUT2D eigenvalue weighted by atomic mass is 16.3. The van der Waals surface area contributed by atoms with Crippen LogP contribution < -0.4 is 21.7 Å². The van der Waals surface area contributed by atoms with E-state index in [4.69, 9.17) is 5.73 Å². The molecule has 138 valence electrons. The number of aliphatic hydroxyl groups is 1. The third-order valence-electron chi connectivity index (χ3n) is 3.63. The van der Waals surface area contributed by atoms with Gasteiger partial charge in [0, 0.05) is 49.2 Å².